The van der Waals surface area contributed by atoms with Crippen LogP contribution in [0.2, 0.25) is 0 Å². The maximum atomic E-state index is 13.1. The van der Waals surface area contributed by atoms with Crippen molar-refractivity contribution in [2.75, 3.05) is 26.0 Å². The van der Waals surface area contributed by atoms with E-state index in [1.165, 1.54) is 12.5 Å². The Morgan fingerprint density at radius 1 is 1.10 bits per heavy atom. The van der Waals surface area contributed by atoms with Gasteiger partial charge in [0.15, 0.2) is 0 Å². The first-order chi connectivity index (χ1) is 14.5. The fraction of sp³-hybridized carbons (Fsp3) is 0.417. The molecule has 1 aliphatic heterocycles. The van der Waals surface area contributed by atoms with E-state index in [1.807, 2.05) is 35.2 Å². The van der Waals surface area contributed by atoms with Crippen molar-refractivity contribution in [1.29, 1.82) is 0 Å². The summed E-state index contributed by atoms with van der Waals surface area (Å²) >= 11 is 1.57. The van der Waals surface area contributed by atoms with Crippen molar-refractivity contribution < 1.29 is 14.3 Å². The lowest BCUT2D eigenvalue weighted by atomic mass is 9.90. The van der Waals surface area contributed by atoms with Crippen LogP contribution in [0.25, 0.3) is 0 Å². The molecule has 1 saturated heterocycles. The number of hydrogen-bond donors (Lipinski definition) is 1. The van der Waals surface area contributed by atoms with Crippen LogP contribution >= 0.6 is 11.8 Å². The SMILES string of the molecule is COc1ccc(SCC(NC(C)=O)C(=O)N2CCC(Cc3ccccc3)CC2)cc1. The number of carbonyl (C=O) groups is 2. The first-order valence-electron chi connectivity index (χ1n) is 10.4. The van der Waals surface area contributed by atoms with Gasteiger partial charge in [-0.1, -0.05) is 30.3 Å². The lowest BCUT2D eigenvalue weighted by Gasteiger charge is -2.34. The third-order valence-electron chi connectivity index (χ3n) is 5.45. The highest BCUT2D eigenvalue weighted by Gasteiger charge is 2.29. The maximum Gasteiger partial charge on any atom is 0.246 e. The van der Waals surface area contributed by atoms with Crippen molar-refractivity contribution >= 4 is 23.6 Å². The highest BCUT2D eigenvalue weighted by Crippen LogP contribution is 2.25. The summed E-state index contributed by atoms with van der Waals surface area (Å²) in [5.41, 5.74) is 1.36. The van der Waals surface area contributed by atoms with E-state index in [-0.39, 0.29) is 11.8 Å². The first kappa shape index (κ1) is 22.2. The van der Waals surface area contributed by atoms with Gasteiger partial charge in [0, 0.05) is 30.7 Å². The van der Waals surface area contributed by atoms with Gasteiger partial charge < -0.3 is 15.0 Å². The van der Waals surface area contributed by atoms with Crippen LogP contribution in [-0.4, -0.2) is 48.7 Å². The zero-order valence-corrected chi connectivity index (χ0v) is 18.5. The van der Waals surface area contributed by atoms with E-state index in [1.54, 1.807) is 18.9 Å². The van der Waals surface area contributed by atoms with Gasteiger partial charge in [0.2, 0.25) is 11.8 Å². The number of piperidine rings is 1. The molecule has 0 radical (unpaired) electrons. The Morgan fingerprint density at radius 2 is 1.77 bits per heavy atom. The van der Waals surface area contributed by atoms with E-state index in [2.05, 4.69) is 29.6 Å². The Kier molecular flexibility index (Phi) is 8.20. The molecule has 0 spiro atoms. The summed E-state index contributed by atoms with van der Waals surface area (Å²) in [5, 5.41) is 2.85. The Morgan fingerprint density at radius 3 is 2.37 bits per heavy atom. The molecule has 2 aromatic rings. The fourth-order valence-electron chi connectivity index (χ4n) is 3.80. The molecule has 0 bridgehead atoms. The molecule has 2 aromatic carbocycles. The van der Waals surface area contributed by atoms with Crippen LogP contribution < -0.4 is 10.1 Å². The van der Waals surface area contributed by atoms with Crippen molar-refractivity contribution in [3.63, 3.8) is 0 Å². The van der Waals surface area contributed by atoms with Gasteiger partial charge in [-0.25, -0.2) is 0 Å². The van der Waals surface area contributed by atoms with Gasteiger partial charge in [0.1, 0.15) is 11.8 Å². The Bertz CT molecular complexity index is 818. The second kappa shape index (κ2) is 11.1. The van der Waals surface area contributed by atoms with Gasteiger partial charge in [-0.3, -0.25) is 9.59 Å². The lowest BCUT2D eigenvalue weighted by Crippen LogP contribution is -2.51. The molecule has 5 nitrogen and oxygen atoms in total. The average Bonchev–Trinajstić information content (AvgIpc) is 2.77. The molecule has 0 saturated carbocycles. The molecule has 0 aliphatic carbocycles. The highest BCUT2D eigenvalue weighted by atomic mass is 32.2. The third-order valence-corrected chi connectivity index (χ3v) is 6.55. The summed E-state index contributed by atoms with van der Waals surface area (Å²) in [6.45, 7) is 2.96. The maximum absolute atomic E-state index is 13.1. The number of likely N-dealkylation sites (tertiary alicyclic amines) is 1. The Balaban J connectivity index is 1.53. The number of carbonyl (C=O) groups excluding carboxylic acids is 2. The molecule has 1 aliphatic rings. The Labute approximate surface area is 183 Å². The molecular weight excluding hydrogens is 396 g/mol. The number of amides is 2. The van der Waals surface area contributed by atoms with Crippen molar-refractivity contribution in [3.8, 4) is 5.75 Å². The van der Waals surface area contributed by atoms with E-state index >= 15 is 0 Å². The predicted octanol–water partition coefficient (Wildman–Crippen LogP) is 3.77. The van der Waals surface area contributed by atoms with Crippen molar-refractivity contribution in [2.45, 2.75) is 37.1 Å². The standard InChI is InChI=1S/C24H30N2O3S/c1-18(27)25-23(17-30-22-10-8-21(29-2)9-11-22)24(28)26-14-12-20(13-15-26)16-19-6-4-3-5-7-19/h3-11,20,23H,12-17H2,1-2H3,(H,25,27). The van der Waals surface area contributed by atoms with Gasteiger partial charge in [-0.15, -0.1) is 11.8 Å². The summed E-state index contributed by atoms with van der Waals surface area (Å²) < 4.78 is 5.18. The van der Waals surface area contributed by atoms with Crippen LogP contribution in [0.15, 0.2) is 59.5 Å². The van der Waals surface area contributed by atoms with Crippen LogP contribution in [0.3, 0.4) is 0 Å². The largest absolute Gasteiger partial charge is 0.497 e. The number of methoxy groups -OCH3 is 1. The van der Waals surface area contributed by atoms with Gasteiger partial charge in [0.25, 0.3) is 0 Å². The zero-order chi connectivity index (χ0) is 21.3. The number of benzene rings is 2. The van der Waals surface area contributed by atoms with E-state index in [0.29, 0.717) is 11.7 Å². The first-order valence-corrected chi connectivity index (χ1v) is 11.4. The number of ether oxygens (including phenoxy) is 1. The number of thioether (sulfide) groups is 1. The number of nitrogens with zero attached hydrogens (tertiary/aromatic N) is 1. The van der Waals surface area contributed by atoms with E-state index in [0.717, 1.165) is 43.0 Å². The van der Waals surface area contributed by atoms with Gasteiger partial charge in [0.05, 0.1) is 7.11 Å². The van der Waals surface area contributed by atoms with Gasteiger partial charge >= 0.3 is 0 Å². The van der Waals surface area contributed by atoms with Gasteiger partial charge in [-0.05, 0) is 55.0 Å². The van der Waals surface area contributed by atoms with Crippen molar-refractivity contribution in [2.24, 2.45) is 5.92 Å². The smallest absolute Gasteiger partial charge is 0.246 e. The molecule has 0 aromatic heterocycles. The van der Waals surface area contributed by atoms with E-state index in [4.69, 9.17) is 4.74 Å². The average molecular weight is 427 g/mol. The quantitative estimate of drug-likeness (QED) is 0.653. The van der Waals surface area contributed by atoms with Crippen LogP contribution in [0.5, 0.6) is 5.75 Å². The van der Waals surface area contributed by atoms with Crippen molar-refractivity contribution in [1.82, 2.24) is 10.2 Å². The minimum atomic E-state index is -0.514. The predicted molar refractivity (Wildman–Crippen MR) is 121 cm³/mol. The molecule has 160 valence electrons. The molecule has 3 rings (SSSR count). The van der Waals surface area contributed by atoms with E-state index < -0.39 is 6.04 Å². The number of nitrogens with one attached hydrogen (secondary N) is 1. The van der Waals surface area contributed by atoms with Crippen LogP contribution in [0.4, 0.5) is 0 Å². The molecule has 1 N–H and O–H groups in total. The summed E-state index contributed by atoms with van der Waals surface area (Å²) in [6, 6.07) is 17.7. The molecule has 1 heterocycles. The minimum absolute atomic E-state index is 0.0179. The fourth-order valence-corrected chi connectivity index (χ4v) is 4.71. The zero-order valence-electron chi connectivity index (χ0n) is 17.7. The van der Waals surface area contributed by atoms with Gasteiger partial charge in [-0.2, -0.15) is 0 Å². The molecule has 1 atom stereocenters. The highest BCUT2D eigenvalue weighted by molar-refractivity contribution is 7.99. The van der Waals surface area contributed by atoms with Crippen LogP contribution in [0, 0.1) is 5.92 Å². The summed E-state index contributed by atoms with van der Waals surface area (Å²) in [5.74, 6) is 1.75. The topological polar surface area (TPSA) is 58.6 Å². The minimum Gasteiger partial charge on any atom is -0.497 e. The molecule has 30 heavy (non-hydrogen) atoms. The molecule has 1 fully saturated rings. The number of hydrogen-bond acceptors (Lipinski definition) is 4. The molecule has 1 unspecified atom stereocenters. The second-order valence-electron chi connectivity index (χ2n) is 7.70. The third kappa shape index (κ3) is 6.52. The molecule has 6 heteroatoms. The molecular formula is C24H30N2O3S. The summed E-state index contributed by atoms with van der Waals surface area (Å²) in [7, 11) is 1.64. The summed E-state index contributed by atoms with van der Waals surface area (Å²) in [4.78, 5) is 27.7. The molecule has 2 amide bonds. The number of rotatable bonds is 8. The van der Waals surface area contributed by atoms with Crippen molar-refractivity contribution in [3.05, 3.63) is 60.2 Å². The van der Waals surface area contributed by atoms with E-state index in [9.17, 15) is 9.59 Å². The lowest BCUT2D eigenvalue weighted by molar-refractivity contribution is -0.136. The van der Waals surface area contributed by atoms with Crippen LogP contribution in [-0.2, 0) is 16.0 Å². The normalized spacial score (nSPS) is 15.5. The Hall–Kier alpha value is -2.47. The van der Waals surface area contributed by atoms with Crippen LogP contribution in [0.1, 0.15) is 25.3 Å². The monoisotopic (exact) mass is 426 g/mol. The second-order valence-corrected chi connectivity index (χ2v) is 8.79. The summed E-state index contributed by atoms with van der Waals surface area (Å²) in [6.07, 6.45) is 3.06.